The van der Waals surface area contributed by atoms with E-state index in [0.717, 1.165) is 28.1 Å². The maximum absolute atomic E-state index is 11.9. The predicted molar refractivity (Wildman–Crippen MR) is 70.9 cm³/mol. The Labute approximate surface area is 109 Å². The van der Waals surface area contributed by atoms with Crippen molar-refractivity contribution in [2.24, 2.45) is 5.92 Å². The van der Waals surface area contributed by atoms with Crippen LogP contribution in [0.15, 0.2) is 15.2 Å². The first-order valence-electron chi connectivity index (χ1n) is 5.70. The summed E-state index contributed by atoms with van der Waals surface area (Å²) < 4.78 is 1.01. The molecule has 0 bridgehead atoms. The SMILES string of the molecule is CC1CCCC(NC(=O)c2csc(Br)c2)C1. The third-order valence-electron chi connectivity index (χ3n) is 3.10. The second-order valence-electron chi connectivity index (χ2n) is 4.58. The van der Waals surface area contributed by atoms with Crippen molar-refractivity contribution >= 4 is 33.2 Å². The van der Waals surface area contributed by atoms with Crippen LogP contribution in [0.2, 0.25) is 0 Å². The quantitative estimate of drug-likeness (QED) is 0.884. The smallest absolute Gasteiger partial charge is 0.252 e. The third kappa shape index (κ3) is 3.08. The molecule has 0 aromatic carbocycles. The molecule has 1 aromatic rings. The molecule has 1 fully saturated rings. The summed E-state index contributed by atoms with van der Waals surface area (Å²) in [7, 11) is 0. The minimum absolute atomic E-state index is 0.0704. The van der Waals surface area contributed by atoms with E-state index in [1.54, 1.807) is 11.3 Å². The van der Waals surface area contributed by atoms with Gasteiger partial charge in [0.15, 0.2) is 0 Å². The van der Waals surface area contributed by atoms with E-state index in [1.165, 1.54) is 12.8 Å². The first-order valence-corrected chi connectivity index (χ1v) is 7.37. The fourth-order valence-corrected chi connectivity index (χ4v) is 3.40. The van der Waals surface area contributed by atoms with Gasteiger partial charge in [0.25, 0.3) is 5.91 Å². The highest BCUT2D eigenvalue weighted by Crippen LogP contribution is 2.25. The Kier molecular flexibility index (Phi) is 4.03. The van der Waals surface area contributed by atoms with E-state index in [1.807, 2.05) is 11.4 Å². The van der Waals surface area contributed by atoms with Gasteiger partial charge in [-0.1, -0.05) is 19.8 Å². The molecule has 0 radical (unpaired) electrons. The van der Waals surface area contributed by atoms with Gasteiger partial charge in [-0.15, -0.1) is 11.3 Å². The van der Waals surface area contributed by atoms with Crippen LogP contribution in [0.3, 0.4) is 0 Å². The summed E-state index contributed by atoms with van der Waals surface area (Å²) in [6.07, 6.45) is 4.79. The van der Waals surface area contributed by atoms with Gasteiger partial charge in [0.2, 0.25) is 0 Å². The number of carbonyl (C=O) groups is 1. The summed E-state index contributed by atoms with van der Waals surface area (Å²) in [6, 6.07) is 2.25. The molecular formula is C12H16BrNOS. The molecule has 4 heteroatoms. The molecule has 2 atom stereocenters. The normalized spacial score (nSPS) is 25.4. The maximum Gasteiger partial charge on any atom is 0.252 e. The Balaban J connectivity index is 1.92. The molecule has 2 nitrogen and oxygen atoms in total. The Morgan fingerprint density at radius 3 is 3.00 bits per heavy atom. The van der Waals surface area contributed by atoms with Gasteiger partial charge in [0.05, 0.1) is 9.35 Å². The van der Waals surface area contributed by atoms with Crippen molar-refractivity contribution in [3.63, 3.8) is 0 Å². The Morgan fingerprint density at radius 1 is 1.56 bits per heavy atom. The van der Waals surface area contributed by atoms with Crippen molar-refractivity contribution in [2.45, 2.75) is 38.6 Å². The molecule has 1 amide bonds. The number of rotatable bonds is 2. The molecule has 1 aliphatic rings. The van der Waals surface area contributed by atoms with Crippen molar-refractivity contribution in [1.82, 2.24) is 5.32 Å². The molecule has 2 rings (SSSR count). The fourth-order valence-electron chi connectivity index (χ4n) is 2.26. The Hall–Kier alpha value is -0.350. The van der Waals surface area contributed by atoms with E-state index in [0.29, 0.717) is 6.04 Å². The van der Waals surface area contributed by atoms with Crippen LogP contribution in [0, 0.1) is 5.92 Å². The zero-order valence-corrected chi connectivity index (χ0v) is 11.7. The molecular weight excluding hydrogens is 286 g/mol. The minimum atomic E-state index is 0.0704. The van der Waals surface area contributed by atoms with Crippen LogP contribution in [0.4, 0.5) is 0 Å². The van der Waals surface area contributed by atoms with E-state index in [2.05, 4.69) is 28.2 Å². The first kappa shape index (κ1) is 12.1. The van der Waals surface area contributed by atoms with Crippen LogP contribution < -0.4 is 5.32 Å². The molecule has 1 aliphatic carbocycles. The van der Waals surface area contributed by atoms with Crippen molar-refractivity contribution in [3.05, 3.63) is 20.8 Å². The number of amides is 1. The second-order valence-corrected chi connectivity index (χ2v) is 6.87. The molecule has 2 unspecified atom stereocenters. The molecule has 88 valence electrons. The van der Waals surface area contributed by atoms with Crippen LogP contribution in [-0.4, -0.2) is 11.9 Å². The maximum atomic E-state index is 11.9. The number of hydrogen-bond acceptors (Lipinski definition) is 2. The van der Waals surface area contributed by atoms with Gasteiger partial charge in [-0.3, -0.25) is 4.79 Å². The lowest BCUT2D eigenvalue weighted by Crippen LogP contribution is -2.37. The molecule has 1 heterocycles. The highest BCUT2D eigenvalue weighted by atomic mass is 79.9. The van der Waals surface area contributed by atoms with Crippen LogP contribution in [0.1, 0.15) is 43.0 Å². The zero-order chi connectivity index (χ0) is 11.5. The minimum Gasteiger partial charge on any atom is -0.349 e. The summed E-state index contributed by atoms with van der Waals surface area (Å²) in [5.41, 5.74) is 0.773. The predicted octanol–water partition coefficient (Wildman–Crippen LogP) is 3.82. The number of hydrogen-bond donors (Lipinski definition) is 1. The van der Waals surface area contributed by atoms with Crippen LogP contribution in [-0.2, 0) is 0 Å². The molecule has 16 heavy (non-hydrogen) atoms. The van der Waals surface area contributed by atoms with Gasteiger partial charge in [-0.2, -0.15) is 0 Å². The second kappa shape index (κ2) is 5.32. The topological polar surface area (TPSA) is 29.1 Å². The van der Waals surface area contributed by atoms with E-state index < -0.39 is 0 Å². The number of thiophene rings is 1. The van der Waals surface area contributed by atoms with Gasteiger partial charge in [-0.05, 0) is 40.8 Å². The third-order valence-corrected chi connectivity index (χ3v) is 4.61. The first-order chi connectivity index (χ1) is 7.65. The average molecular weight is 302 g/mol. The van der Waals surface area contributed by atoms with E-state index in [-0.39, 0.29) is 5.91 Å². The van der Waals surface area contributed by atoms with E-state index >= 15 is 0 Å². The van der Waals surface area contributed by atoms with Crippen LogP contribution >= 0.6 is 27.3 Å². The fraction of sp³-hybridized carbons (Fsp3) is 0.583. The summed E-state index contributed by atoms with van der Waals surface area (Å²) in [5.74, 6) is 0.814. The lowest BCUT2D eigenvalue weighted by molar-refractivity contribution is 0.0922. The van der Waals surface area contributed by atoms with Gasteiger partial charge >= 0.3 is 0 Å². The van der Waals surface area contributed by atoms with Gasteiger partial charge in [-0.25, -0.2) is 0 Å². The zero-order valence-electron chi connectivity index (χ0n) is 9.33. The molecule has 1 N–H and O–H groups in total. The molecule has 1 saturated carbocycles. The molecule has 1 aromatic heterocycles. The largest absolute Gasteiger partial charge is 0.349 e. The van der Waals surface area contributed by atoms with E-state index in [4.69, 9.17) is 0 Å². The Morgan fingerprint density at radius 2 is 2.38 bits per heavy atom. The number of carbonyl (C=O) groups excluding carboxylic acids is 1. The summed E-state index contributed by atoms with van der Waals surface area (Å²) in [4.78, 5) is 11.9. The monoisotopic (exact) mass is 301 g/mol. The molecule has 0 saturated heterocycles. The number of nitrogens with one attached hydrogen (secondary N) is 1. The molecule has 0 spiro atoms. The standard InChI is InChI=1S/C12H16BrNOS/c1-8-3-2-4-10(5-8)14-12(15)9-6-11(13)16-7-9/h6-8,10H,2-5H2,1H3,(H,14,15). The highest BCUT2D eigenvalue weighted by Gasteiger charge is 2.21. The van der Waals surface area contributed by atoms with Gasteiger partial charge in [0.1, 0.15) is 0 Å². The summed E-state index contributed by atoms with van der Waals surface area (Å²) >= 11 is 4.92. The number of halogens is 1. The van der Waals surface area contributed by atoms with Crippen molar-refractivity contribution in [2.75, 3.05) is 0 Å². The van der Waals surface area contributed by atoms with Crippen LogP contribution in [0.5, 0.6) is 0 Å². The van der Waals surface area contributed by atoms with E-state index in [9.17, 15) is 4.79 Å². The lowest BCUT2D eigenvalue weighted by atomic mass is 9.87. The van der Waals surface area contributed by atoms with Crippen molar-refractivity contribution < 1.29 is 4.79 Å². The average Bonchev–Trinajstić information content (AvgIpc) is 2.65. The summed E-state index contributed by atoms with van der Waals surface area (Å²) in [6.45, 7) is 2.26. The van der Waals surface area contributed by atoms with Crippen LogP contribution in [0.25, 0.3) is 0 Å². The van der Waals surface area contributed by atoms with Crippen molar-refractivity contribution in [1.29, 1.82) is 0 Å². The van der Waals surface area contributed by atoms with Gasteiger partial charge < -0.3 is 5.32 Å². The molecule has 0 aliphatic heterocycles. The highest BCUT2D eigenvalue weighted by molar-refractivity contribution is 9.11. The lowest BCUT2D eigenvalue weighted by Gasteiger charge is -2.27. The Bertz CT molecular complexity index is 377. The van der Waals surface area contributed by atoms with Gasteiger partial charge in [0, 0.05) is 11.4 Å². The summed E-state index contributed by atoms with van der Waals surface area (Å²) in [5, 5.41) is 5.02. The van der Waals surface area contributed by atoms with Crippen molar-refractivity contribution in [3.8, 4) is 0 Å².